The summed E-state index contributed by atoms with van der Waals surface area (Å²) in [5.74, 6) is 0. The summed E-state index contributed by atoms with van der Waals surface area (Å²) in [7, 11) is 0. The SMILES string of the molecule is CC(C)(C)C1CN(CCF)CCCN1. The molecule has 0 aromatic heterocycles. The number of nitrogens with one attached hydrogen (secondary N) is 1. The van der Waals surface area contributed by atoms with E-state index in [0.29, 0.717) is 12.6 Å². The van der Waals surface area contributed by atoms with Gasteiger partial charge in [0, 0.05) is 19.1 Å². The third-order valence-electron chi connectivity index (χ3n) is 2.93. The largest absolute Gasteiger partial charge is 0.312 e. The van der Waals surface area contributed by atoms with Crippen molar-refractivity contribution in [2.75, 3.05) is 32.9 Å². The molecular weight excluding hydrogens is 179 g/mol. The van der Waals surface area contributed by atoms with Crippen LogP contribution in [0.1, 0.15) is 27.2 Å². The van der Waals surface area contributed by atoms with Gasteiger partial charge < -0.3 is 5.32 Å². The number of nitrogens with zero attached hydrogens (tertiary/aromatic N) is 1. The minimum absolute atomic E-state index is 0.225. The van der Waals surface area contributed by atoms with Crippen LogP contribution >= 0.6 is 0 Å². The van der Waals surface area contributed by atoms with E-state index in [1.807, 2.05) is 0 Å². The summed E-state index contributed by atoms with van der Waals surface area (Å²) in [4.78, 5) is 2.23. The molecule has 0 aromatic rings. The van der Waals surface area contributed by atoms with E-state index in [1.54, 1.807) is 0 Å². The van der Waals surface area contributed by atoms with Gasteiger partial charge >= 0.3 is 0 Å². The molecule has 1 aliphatic heterocycles. The molecule has 1 rings (SSSR count). The molecule has 1 unspecified atom stereocenters. The summed E-state index contributed by atoms with van der Waals surface area (Å²) < 4.78 is 12.3. The molecule has 1 atom stereocenters. The summed E-state index contributed by atoms with van der Waals surface area (Å²) in [5.41, 5.74) is 0.263. The van der Waals surface area contributed by atoms with Gasteiger partial charge in [-0.05, 0) is 24.9 Å². The number of hydrogen-bond acceptors (Lipinski definition) is 2. The van der Waals surface area contributed by atoms with Crippen LogP contribution < -0.4 is 5.32 Å². The first kappa shape index (κ1) is 11.9. The van der Waals surface area contributed by atoms with E-state index in [2.05, 4.69) is 31.0 Å². The van der Waals surface area contributed by atoms with Gasteiger partial charge in [0.1, 0.15) is 6.67 Å². The van der Waals surface area contributed by atoms with Crippen LogP contribution in [0.25, 0.3) is 0 Å². The van der Waals surface area contributed by atoms with Crippen LogP contribution in [0.2, 0.25) is 0 Å². The molecule has 0 radical (unpaired) electrons. The van der Waals surface area contributed by atoms with Crippen LogP contribution in [-0.2, 0) is 0 Å². The first-order valence-corrected chi connectivity index (χ1v) is 5.56. The van der Waals surface area contributed by atoms with Gasteiger partial charge in [-0.25, -0.2) is 4.39 Å². The quantitative estimate of drug-likeness (QED) is 0.732. The molecule has 0 amide bonds. The predicted molar refractivity (Wildman–Crippen MR) is 58.3 cm³/mol. The Hall–Kier alpha value is -0.150. The molecule has 14 heavy (non-hydrogen) atoms. The highest BCUT2D eigenvalue weighted by Crippen LogP contribution is 2.21. The van der Waals surface area contributed by atoms with Crippen molar-refractivity contribution in [3.63, 3.8) is 0 Å². The average molecular weight is 202 g/mol. The molecule has 0 aliphatic carbocycles. The van der Waals surface area contributed by atoms with Gasteiger partial charge in [0.25, 0.3) is 0 Å². The summed E-state index contributed by atoms with van der Waals surface area (Å²) in [5, 5.41) is 3.55. The van der Waals surface area contributed by atoms with Crippen molar-refractivity contribution >= 4 is 0 Å². The van der Waals surface area contributed by atoms with Crippen molar-refractivity contribution in [2.24, 2.45) is 5.41 Å². The topological polar surface area (TPSA) is 15.3 Å². The van der Waals surface area contributed by atoms with E-state index >= 15 is 0 Å². The highest BCUT2D eigenvalue weighted by atomic mass is 19.1. The second kappa shape index (κ2) is 5.08. The Morgan fingerprint density at radius 3 is 2.71 bits per heavy atom. The van der Waals surface area contributed by atoms with Gasteiger partial charge in [-0.15, -0.1) is 0 Å². The van der Waals surface area contributed by atoms with Crippen LogP contribution in [0.5, 0.6) is 0 Å². The second-order valence-corrected chi connectivity index (χ2v) is 5.22. The van der Waals surface area contributed by atoms with E-state index in [4.69, 9.17) is 0 Å². The number of rotatable bonds is 2. The Balaban J connectivity index is 2.51. The highest BCUT2D eigenvalue weighted by molar-refractivity contribution is 4.85. The summed E-state index contributed by atoms with van der Waals surface area (Å²) >= 11 is 0. The maximum atomic E-state index is 12.3. The monoisotopic (exact) mass is 202 g/mol. The number of alkyl halides is 1. The summed E-state index contributed by atoms with van der Waals surface area (Å²) in [6.45, 7) is 10.2. The van der Waals surface area contributed by atoms with Crippen molar-refractivity contribution in [1.82, 2.24) is 10.2 Å². The maximum Gasteiger partial charge on any atom is 0.102 e. The zero-order valence-electron chi connectivity index (χ0n) is 9.65. The standard InChI is InChI=1S/C11H23FN2/c1-11(2,3)10-9-14(8-5-12)7-4-6-13-10/h10,13H,4-9H2,1-3H3. The molecule has 84 valence electrons. The van der Waals surface area contributed by atoms with Gasteiger partial charge in [0.15, 0.2) is 0 Å². The van der Waals surface area contributed by atoms with Gasteiger partial charge in [-0.3, -0.25) is 4.90 Å². The van der Waals surface area contributed by atoms with Crippen LogP contribution in [0.3, 0.4) is 0 Å². The third-order valence-corrected chi connectivity index (χ3v) is 2.93. The lowest BCUT2D eigenvalue weighted by atomic mass is 9.86. The maximum absolute atomic E-state index is 12.3. The number of hydrogen-bond donors (Lipinski definition) is 1. The lowest BCUT2D eigenvalue weighted by Crippen LogP contribution is -2.46. The van der Waals surface area contributed by atoms with E-state index in [0.717, 1.165) is 26.1 Å². The highest BCUT2D eigenvalue weighted by Gasteiger charge is 2.27. The van der Waals surface area contributed by atoms with Crippen molar-refractivity contribution in [3.05, 3.63) is 0 Å². The molecule has 1 heterocycles. The Morgan fingerprint density at radius 1 is 1.43 bits per heavy atom. The Bertz CT molecular complexity index is 165. The summed E-state index contributed by atoms with van der Waals surface area (Å²) in [6.07, 6.45) is 1.13. The molecular formula is C11H23FN2. The lowest BCUT2D eigenvalue weighted by molar-refractivity contribution is 0.187. The molecule has 3 heteroatoms. The molecule has 1 N–H and O–H groups in total. The van der Waals surface area contributed by atoms with Crippen molar-refractivity contribution in [2.45, 2.75) is 33.2 Å². The minimum atomic E-state index is -0.225. The smallest absolute Gasteiger partial charge is 0.102 e. The fourth-order valence-electron chi connectivity index (χ4n) is 1.90. The Labute approximate surface area is 86.9 Å². The zero-order chi connectivity index (χ0) is 10.6. The fraction of sp³-hybridized carbons (Fsp3) is 1.00. The Kier molecular flexibility index (Phi) is 4.32. The average Bonchev–Trinajstić information content (AvgIpc) is 2.29. The van der Waals surface area contributed by atoms with Crippen molar-refractivity contribution < 1.29 is 4.39 Å². The molecule has 0 saturated carbocycles. The normalized spacial score (nSPS) is 26.1. The molecule has 1 fully saturated rings. The Morgan fingerprint density at radius 2 is 2.14 bits per heavy atom. The second-order valence-electron chi connectivity index (χ2n) is 5.22. The van der Waals surface area contributed by atoms with E-state index in [-0.39, 0.29) is 12.1 Å². The van der Waals surface area contributed by atoms with E-state index < -0.39 is 0 Å². The van der Waals surface area contributed by atoms with Gasteiger partial charge in [0.2, 0.25) is 0 Å². The summed E-state index contributed by atoms with van der Waals surface area (Å²) in [6, 6.07) is 0.483. The first-order chi connectivity index (χ1) is 6.54. The van der Waals surface area contributed by atoms with Crippen molar-refractivity contribution in [3.8, 4) is 0 Å². The molecule has 2 nitrogen and oxygen atoms in total. The molecule has 1 saturated heterocycles. The zero-order valence-corrected chi connectivity index (χ0v) is 9.65. The van der Waals surface area contributed by atoms with Gasteiger partial charge in [-0.1, -0.05) is 20.8 Å². The molecule has 0 bridgehead atoms. The fourth-order valence-corrected chi connectivity index (χ4v) is 1.90. The molecule has 0 aromatic carbocycles. The van der Waals surface area contributed by atoms with Crippen LogP contribution in [0.4, 0.5) is 4.39 Å². The van der Waals surface area contributed by atoms with Gasteiger partial charge in [-0.2, -0.15) is 0 Å². The van der Waals surface area contributed by atoms with Crippen LogP contribution in [-0.4, -0.2) is 43.8 Å². The van der Waals surface area contributed by atoms with Crippen LogP contribution in [0.15, 0.2) is 0 Å². The van der Waals surface area contributed by atoms with E-state index in [9.17, 15) is 4.39 Å². The van der Waals surface area contributed by atoms with Crippen molar-refractivity contribution in [1.29, 1.82) is 0 Å². The minimum Gasteiger partial charge on any atom is -0.312 e. The lowest BCUT2D eigenvalue weighted by Gasteiger charge is -2.33. The predicted octanol–water partition coefficient (Wildman–Crippen LogP) is 1.67. The third kappa shape index (κ3) is 3.54. The molecule has 0 spiro atoms. The first-order valence-electron chi connectivity index (χ1n) is 5.56. The van der Waals surface area contributed by atoms with Crippen LogP contribution in [0, 0.1) is 5.41 Å². The van der Waals surface area contributed by atoms with E-state index in [1.165, 1.54) is 0 Å². The molecule has 1 aliphatic rings. The van der Waals surface area contributed by atoms with Gasteiger partial charge in [0.05, 0.1) is 0 Å². The number of halogens is 1.